The molecule has 2 N–H and O–H groups in total. The van der Waals surface area contributed by atoms with Gasteiger partial charge in [-0.25, -0.2) is 4.98 Å². The minimum atomic E-state index is 0.339. The Morgan fingerprint density at radius 3 is 2.38 bits per heavy atom. The van der Waals surface area contributed by atoms with Crippen molar-refractivity contribution in [3.8, 4) is 11.5 Å². The molecule has 2 aliphatic rings. The van der Waals surface area contributed by atoms with Gasteiger partial charge in [0.15, 0.2) is 11.5 Å². The molecule has 0 atom stereocenters. The molecule has 0 unspecified atom stereocenters. The SMILES string of the molecule is COc1cc2nc(NC3CCN(Cc4ccccc4)CC3)nc(NCCN3CCOCC3)c2cc1OC. The zero-order chi connectivity index (χ0) is 25.5. The van der Waals surface area contributed by atoms with Crippen LogP contribution in [0.15, 0.2) is 42.5 Å². The van der Waals surface area contributed by atoms with E-state index in [1.165, 1.54) is 5.56 Å². The highest BCUT2D eigenvalue weighted by molar-refractivity contribution is 5.92. The minimum Gasteiger partial charge on any atom is -0.493 e. The van der Waals surface area contributed by atoms with Gasteiger partial charge >= 0.3 is 0 Å². The van der Waals surface area contributed by atoms with Crippen molar-refractivity contribution < 1.29 is 14.2 Å². The van der Waals surface area contributed by atoms with E-state index in [-0.39, 0.29) is 0 Å². The first-order valence-corrected chi connectivity index (χ1v) is 13.2. The van der Waals surface area contributed by atoms with Crippen molar-refractivity contribution in [1.29, 1.82) is 0 Å². The number of hydrogen-bond acceptors (Lipinski definition) is 9. The van der Waals surface area contributed by atoms with Crippen LogP contribution in [-0.4, -0.2) is 92.5 Å². The summed E-state index contributed by atoms with van der Waals surface area (Å²) in [6.07, 6.45) is 2.11. The van der Waals surface area contributed by atoms with Crippen LogP contribution in [0.2, 0.25) is 0 Å². The number of piperidine rings is 1. The van der Waals surface area contributed by atoms with Gasteiger partial charge < -0.3 is 24.8 Å². The smallest absolute Gasteiger partial charge is 0.225 e. The Kier molecular flexibility index (Phi) is 8.55. The van der Waals surface area contributed by atoms with Gasteiger partial charge in [-0.05, 0) is 24.5 Å². The van der Waals surface area contributed by atoms with Crippen molar-refractivity contribution in [2.24, 2.45) is 0 Å². The van der Waals surface area contributed by atoms with Crippen LogP contribution in [0.5, 0.6) is 11.5 Å². The van der Waals surface area contributed by atoms with Crippen molar-refractivity contribution in [2.75, 3.05) is 77.3 Å². The minimum absolute atomic E-state index is 0.339. The molecule has 1 aromatic heterocycles. The van der Waals surface area contributed by atoms with Crippen LogP contribution >= 0.6 is 0 Å². The van der Waals surface area contributed by atoms with E-state index < -0.39 is 0 Å². The number of fused-ring (bicyclic) bond motifs is 1. The van der Waals surface area contributed by atoms with Crippen molar-refractivity contribution >= 4 is 22.7 Å². The number of aromatic nitrogens is 2. The van der Waals surface area contributed by atoms with Crippen molar-refractivity contribution in [3.63, 3.8) is 0 Å². The number of nitrogens with one attached hydrogen (secondary N) is 2. The molecule has 0 saturated carbocycles. The average molecular weight is 507 g/mol. The van der Waals surface area contributed by atoms with E-state index in [4.69, 9.17) is 24.2 Å². The summed E-state index contributed by atoms with van der Waals surface area (Å²) in [4.78, 5) is 14.7. The van der Waals surface area contributed by atoms with E-state index in [9.17, 15) is 0 Å². The molecule has 37 heavy (non-hydrogen) atoms. The number of likely N-dealkylation sites (tertiary alicyclic amines) is 1. The molecule has 0 spiro atoms. The summed E-state index contributed by atoms with van der Waals surface area (Å²) in [5.41, 5.74) is 2.19. The fraction of sp³-hybridized carbons (Fsp3) is 0.500. The molecule has 3 aromatic rings. The second kappa shape index (κ2) is 12.4. The third-order valence-electron chi connectivity index (χ3n) is 7.20. The third-order valence-corrected chi connectivity index (χ3v) is 7.20. The fourth-order valence-electron chi connectivity index (χ4n) is 5.07. The summed E-state index contributed by atoms with van der Waals surface area (Å²) in [6, 6.07) is 14.9. The first kappa shape index (κ1) is 25.5. The molecule has 3 heterocycles. The molecule has 198 valence electrons. The van der Waals surface area contributed by atoms with Crippen LogP contribution in [0.4, 0.5) is 11.8 Å². The maximum atomic E-state index is 5.55. The maximum absolute atomic E-state index is 5.55. The molecule has 5 rings (SSSR count). The first-order valence-electron chi connectivity index (χ1n) is 13.2. The van der Waals surface area contributed by atoms with Gasteiger partial charge in [-0.3, -0.25) is 9.80 Å². The average Bonchev–Trinajstić information content (AvgIpc) is 2.94. The Balaban J connectivity index is 1.28. The van der Waals surface area contributed by atoms with Crippen LogP contribution in [0, 0.1) is 0 Å². The zero-order valence-electron chi connectivity index (χ0n) is 21.9. The number of nitrogens with zero attached hydrogens (tertiary/aromatic N) is 4. The Bertz CT molecular complexity index is 1150. The predicted octanol–water partition coefficient (Wildman–Crippen LogP) is 3.47. The van der Waals surface area contributed by atoms with Gasteiger partial charge in [-0.2, -0.15) is 4.98 Å². The zero-order valence-corrected chi connectivity index (χ0v) is 21.9. The lowest BCUT2D eigenvalue weighted by Crippen LogP contribution is -2.39. The van der Waals surface area contributed by atoms with E-state index in [0.717, 1.165) is 88.6 Å². The maximum Gasteiger partial charge on any atom is 0.225 e. The molecule has 0 bridgehead atoms. The molecule has 2 aliphatic heterocycles. The number of methoxy groups -OCH3 is 2. The van der Waals surface area contributed by atoms with E-state index in [1.54, 1.807) is 14.2 Å². The molecule has 0 amide bonds. The number of hydrogen-bond donors (Lipinski definition) is 2. The Morgan fingerprint density at radius 2 is 1.65 bits per heavy atom. The van der Waals surface area contributed by atoms with Crippen LogP contribution in [-0.2, 0) is 11.3 Å². The number of ether oxygens (including phenoxy) is 3. The topological polar surface area (TPSA) is 84.0 Å². The van der Waals surface area contributed by atoms with Gasteiger partial charge in [-0.15, -0.1) is 0 Å². The Labute approximate surface area is 219 Å². The van der Waals surface area contributed by atoms with Gasteiger partial charge in [0.2, 0.25) is 5.95 Å². The second-order valence-corrected chi connectivity index (χ2v) is 9.68. The first-order chi connectivity index (χ1) is 18.2. The molecule has 0 radical (unpaired) electrons. The van der Waals surface area contributed by atoms with E-state index in [1.807, 2.05) is 12.1 Å². The summed E-state index contributed by atoms with van der Waals surface area (Å²) in [7, 11) is 3.30. The third kappa shape index (κ3) is 6.60. The standard InChI is InChI=1S/C28H38N6O3/c1-35-25-18-23-24(19-26(25)36-2)31-28(32-27(23)29-10-13-33-14-16-37-17-15-33)30-22-8-11-34(12-9-22)20-21-6-4-3-5-7-21/h3-7,18-19,22H,8-17,20H2,1-2H3,(H2,29,30,31,32). The number of morpholine rings is 1. The van der Waals surface area contributed by atoms with E-state index in [2.05, 4.69) is 50.8 Å². The van der Waals surface area contributed by atoms with Crippen LogP contribution in [0.3, 0.4) is 0 Å². The van der Waals surface area contributed by atoms with E-state index >= 15 is 0 Å². The molecule has 2 aromatic carbocycles. The van der Waals surface area contributed by atoms with Crippen molar-refractivity contribution in [2.45, 2.75) is 25.4 Å². The lowest BCUT2D eigenvalue weighted by atomic mass is 10.0. The lowest BCUT2D eigenvalue weighted by molar-refractivity contribution is 0.0398. The Hall–Kier alpha value is -3.14. The van der Waals surface area contributed by atoms with Gasteiger partial charge in [0.1, 0.15) is 5.82 Å². The molecular formula is C28H38N6O3. The van der Waals surface area contributed by atoms with Gasteiger partial charge in [-0.1, -0.05) is 30.3 Å². The number of rotatable bonds is 10. The monoisotopic (exact) mass is 506 g/mol. The predicted molar refractivity (Wildman–Crippen MR) is 147 cm³/mol. The van der Waals surface area contributed by atoms with E-state index in [0.29, 0.717) is 23.5 Å². The lowest BCUT2D eigenvalue weighted by Gasteiger charge is -2.32. The van der Waals surface area contributed by atoms with Gasteiger partial charge in [0, 0.05) is 63.3 Å². The molecule has 2 fully saturated rings. The molecule has 2 saturated heterocycles. The highest BCUT2D eigenvalue weighted by atomic mass is 16.5. The normalized spacial score (nSPS) is 17.6. The molecule has 9 heteroatoms. The largest absolute Gasteiger partial charge is 0.493 e. The van der Waals surface area contributed by atoms with Crippen LogP contribution in [0.25, 0.3) is 10.9 Å². The quantitative estimate of drug-likeness (QED) is 0.429. The highest BCUT2D eigenvalue weighted by Crippen LogP contribution is 2.34. The van der Waals surface area contributed by atoms with Gasteiger partial charge in [0.25, 0.3) is 0 Å². The van der Waals surface area contributed by atoms with Gasteiger partial charge in [0.05, 0.1) is 33.0 Å². The fourth-order valence-corrected chi connectivity index (χ4v) is 5.07. The summed E-state index contributed by atoms with van der Waals surface area (Å²) in [6.45, 7) is 8.35. The number of anilines is 2. The molecule has 0 aliphatic carbocycles. The summed E-state index contributed by atoms with van der Waals surface area (Å²) in [5, 5.41) is 8.09. The molecular weight excluding hydrogens is 468 g/mol. The van der Waals surface area contributed by atoms with Crippen LogP contribution in [0.1, 0.15) is 18.4 Å². The van der Waals surface area contributed by atoms with Crippen LogP contribution < -0.4 is 20.1 Å². The summed E-state index contributed by atoms with van der Waals surface area (Å²) in [5.74, 6) is 2.78. The second-order valence-electron chi connectivity index (χ2n) is 9.68. The van der Waals surface area contributed by atoms with Crippen molar-refractivity contribution in [3.05, 3.63) is 48.0 Å². The highest BCUT2D eigenvalue weighted by Gasteiger charge is 2.21. The summed E-state index contributed by atoms with van der Waals surface area (Å²) >= 11 is 0. The Morgan fingerprint density at radius 1 is 0.919 bits per heavy atom. The number of benzene rings is 2. The van der Waals surface area contributed by atoms with Crippen molar-refractivity contribution in [1.82, 2.24) is 19.8 Å². The summed E-state index contributed by atoms with van der Waals surface area (Å²) < 4.78 is 16.6. The molecule has 9 nitrogen and oxygen atoms in total.